The summed E-state index contributed by atoms with van der Waals surface area (Å²) in [6, 6.07) is 0.138. The molecule has 1 rings (SSSR count). The number of rotatable bonds is 6. The maximum absolute atomic E-state index is 13.6. The lowest BCUT2D eigenvalue weighted by molar-refractivity contribution is -0.143. The summed E-state index contributed by atoms with van der Waals surface area (Å²) in [5.41, 5.74) is 3.28. The molecule has 0 aliphatic carbocycles. The minimum atomic E-state index is -1.58. The summed E-state index contributed by atoms with van der Waals surface area (Å²) in [4.78, 5) is 11.0. The van der Waals surface area contributed by atoms with Crippen LogP contribution in [-0.2, 0) is 11.2 Å². The lowest BCUT2D eigenvalue weighted by Crippen LogP contribution is -2.46. The first-order valence-electron chi connectivity index (χ1n) is 6.44. The second-order valence-corrected chi connectivity index (χ2v) is 5.35. The number of hydrogen-bond acceptors (Lipinski definition) is 2. The van der Waals surface area contributed by atoms with Gasteiger partial charge in [0, 0.05) is 11.6 Å². The summed E-state index contributed by atoms with van der Waals surface area (Å²) in [7, 11) is 0. The van der Waals surface area contributed by atoms with Gasteiger partial charge in [0.1, 0.15) is 5.54 Å². The summed E-state index contributed by atoms with van der Waals surface area (Å²) in [5, 5.41) is 8.96. The Hall–Kier alpha value is -1.63. The van der Waals surface area contributed by atoms with Crippen LogP contribution in [0.2, 0.25) is 0 Å². The van der Waals surface area contributed by atoms with Crippen molar-refractivity contribution in [3.8, 4) is 0 Å². The van der Waals surface area contributed by atoms with Crippen molar-refractivity contribution in [2.45, 2.75) is 38.6 Å². The molecule has 0 heterocycles. The number of carbonyl (C=O) groups is 1. The average molecular weight is 307 g/mol. The van der Waals surface area contributed by atoms with E-state index in [0.717, 1.165) is 0 Å². The Morgan fingerprint density at radius 1 is 1.29 bits per heavy atom. The average Bonchev–Trinajstić information content (AvgIpc) is 2.39. The molecular formula is C14H17F4NO2. The summed E-state index contributed by atoms with van der Waals surface area (Å²) < 4.78 is 53.5. The van der Waals surface area contributed by atoms with Crippen LogP contribution in [0.3, 0.4) is 0 Å². The number of carboxylic acid groups (broad SMARTS) is 1. The highest BCUT2D eigenvalue weighted by atomic mass is 19.2. The van der Waals surface area contributed by atoms with Crippen molar-refractivity contribution in [1.29, 1.82) is 0 Å². The standard InChI is InChI=1S/C14H17F4NO2/c1-3-7(6-14(2,19)13(20)21)4-8-11(17)9(15)5-10(16)12(8)18/h5,7H,3-4,6,19H2,1-2H3,(H,20,21). The Labute approximate surface area is 119 Å². The van der Waals surface area contributed by atoms with Gasteiger partial charge in [-0.2, -0.15) is 0 Å². The van der Waals surface area contributed by atoms with Gasteiger partial charge in [-0.05, 0) is 25.7 Å². The number of aliphatic carboxylic acids is 1. The topological polar surface area (TPSA) is 63.3 Å². The molecule has 1 aromatic carbocycles. The summed E-state index contributed by atoms with van der Waals surface area (Å²) >= 11 is 0. The number of benzene rings is 1. The molecule has 3 N–H and O–H groups in total. The molecule has 0 saturated carbocycles. The summed E-state index contributed by atoms with van der Waals surface area (Å²) in [5.74, 6) is -7.66. The van der Waals surface area contributed by atoms with Crippen molar-refractivity contribution in [2.75, 3.05) is 0 Å². The molecule has 0 radical (unpaired) electrons. The van der Waals surface area contributed by atoms with Crippen molar-refractivity contribution in [3.05, 3.63) is 34.9 Å². The van der Waals surface area contributed by atoms with E-state index in [1.54, 1.807) is 6.92 Å². The van der Waals surface area contributed by atoms with E-state index in [1.807, 2.05) is 0 Å². The van der Waals surface area contributed by atoms with Crippen molar-refractivity contribution in [1.82, 2.24) is 0 Å². The molecule has 0 spiro atoms. The van der Waals surface area contributed by atoms with Crippen molar-refractivity contribution < 1.29 is 27.5 Å². The second-order valence-electron chi connectivity index (χ2n) is 5.35. The fraction of sp³-hybridized carbons (Fsp3) is 0.500. The molecule has 0 saturated heterocycles. The third kappa shape index (κ3) is 3.93. The van der Waals surface area contributed by atoms with Crippen LogP contribution in [0.25, 0.3) is 0 Å². The molecule has 0 aliphatic rings. The highest BCUT2D eigenvalue weighted by molar-refractivity contribution is 5.77. The predicted molar refractivity (Wildman–Crippen MR) is 68.6 cm³/mol. The molecule has 0 aliphatic heterocycles. The van der Waals surface area contributed by atoms with E-state index < -0.39 is 46.3 Å². The van der Waals surface area contributed by atoms with Gasteiger partial charge in [0.05, 0.1) is 0 Å². The molecule has 0 aromatic heterocycles. The van der Waals surface area contributed by atoms with Crippen LogP contribution in [0.1, 0.15) is 32.3 Å². The molecule has 2 atom stereocenters. The van der Waals surface area contributed by atoms with E-state index >= 15 is 0 Å². The third-order valence-corrected chi connectivity index (χ3v) is 3.47. The molecule has 0 fully saturated rings. The molecule has 0 bridgehead atoms. The zero-order valence-electron chi connectivity index (χ0n) is 11.7. The van der Waals surface area contributed by atoms with Gasteiger partial charge in [-0.3, -0.25) is 4.79 Å². The Kier molecular flexibility index (Phi) is 5.33. The number of carboxylic acids is 1. The number of nitrogens with two attached hydrogens (primary N) is 1. The lowest BCUT2D eigenvalue weighted by Gasteiger charge is -2.25. The van der Waals surface area contributed by atoms with Crippen LogP contribution in [0.15, 0.2) is 6.07 Å². The highest BCUT2D eigenvalue weighted by Gasteiger charge is 2.32. The molecule has 7 heteroatoms. The molecular weight excluding hydrogens is 290 g/mol. The van der Waals surface area contributed by atoms with Gasteiger partial charge < -0.3 is 10.8 Å². The summed E-state index contributed by atoms with van der Waals surface area (Å²) in [6.45, 7) is 2.95. The molecule has 1 aromatic rings. The van der Waals surface area contributed by atoms with Gasteiger partial charge in [-0.15, -0.1) is 0 Å². The van der Waals surface area contributed by atoms with Gasteiger partial charge in [-0.1, -0.05) is 13.3 Å². The van der Waals surface area contributed by atoms with E-state index in [4.69, 9.17) is 10.8 Å². The van der Waals surface area contributed by atoms with E-state index in [-0.39, 0.29) is 18.9 Å². The van der Waals surface area contributed by atoms with Gasteiger partial charge in [0.2, 0.25) is 0 Å². The number of halogens is 4. The lowest BCUT2D eigenvalue weighted by atomic mass is 9.84. The molecule has 118 valence electrons. The molecule has 21 heavy (non-hydrogen) atoms. The maximum Gasteiger partial charge on any atom is 0.323 e. The Morgan fingerprint density at radius 2 is 1.76 bits per heavy atom. The monoisotopic (exact) mass is 307 g/mol. The molecule has 3 nitrogen and oxygen atoms in total. The first kappa shape index (κ1) is 17.4. The van der Waals surface area contributed by atoms with Crippen LogP contribution in [0, 0.1) is 29.2 Å². The van der Waals surface area contributed by atoms with Gasteiger partial charge in [-0.25, -0.2) is 17.6 Å². The van der Waals surface area contributed by atoms with Crippen molar-refractivity contribution in [3.63, 3.8) is 0 Å². The normalized spacial score (nSPS) is 15.6. The van der Waals surface area contributed by atoms with Crippen LogP contribution >= 0.6 is 0 Å². The van der Waals surface area contributed by atoms with Crippen LogP contribution < -0.4 is 5.73 Å². The fourth-order valence-corrected chi connectivity index (χ4v) is 2.14. The molecule has 2 unspecified atom stereocenters. The van der Waals surface area contributed by atoms with Gasteiger partial charge in [0.25, 0.3) is 0 Å². The van der Waals surface area contributed by atoms with E-state index in [2.05, 4.69) is 0 Å². The predicted octanol–water partition coefficient (Wildman–Crippen LogP) is 3.00. The quantitative estimate of drug-likeness (QED) is 0.627. The van der Waals surface area contributed by atoms with Gasteiger partial charge >= 0.3 is 5.97 Å². The smallest absolute Gasteiger partial charge is 0.323 e. The van der Waals surface area contributed by atoms with Crippen molar-refractivity contribution in [2.24, 2.45) is 11.7 Å². The first-order valence-corrected chi connectivity index (χ1v) is 6.44. The van der Waals surface area contributed by atoms with Crippen LogP contribution in [0.5, 0.6) is 0 Å². The Balaban J connectivity index is 3.06. The minimum absolute atomic E-state index is 0.0736. The zero-order chi connectivity index (χ0) is 16.4. The van der Waals surface area contributed by atoms with Crippen LogP contribution in [-0.4, -0.2) is 16.6 Å². The fourth-order valence-electron chi connectivity index (χ4n) is 2.14. The SMILES string of the molecule is CCC(Cc1c(F)c(F)cc(F)c1F)CC(C)(N)C(=O)O. The molecule has 0 amide bonds. The van der Waals surface area contributed by atoms with E-state index in [0.29, 0.717) is 6.42 Å². The van der Waals surface area contributed by atoms with Crippen molar-refractivity contribution >= 4 is 5.97 Å². The highest BCUT2D eigenvalue weighted by Crippen LogP contribution is 2.27. The Bertz CT molecular complexity index is 520. The minimum Gasteiger partial charge on any atom is -0.480 e. The van der Waals surface area contributed by atoms with E-state index in [9.17, 15) is 22.4 Å². The zero-order valence-corrected chi connectivity index (χ0v) is 11.7. The van der Waals surface area contributed by atoms with Crippen LogP contribution in [0.4, 0.5) is 17.6 Å². The first-order chi connectivity index (χ1) is 9.60. The summed E-state index contributed by atoms with van der Waals surface area (Å²) in [6.07, 6.45) is -0.0458. The Morgan fingerprint density at radius 3 is 2.14 bits per heavy atom. The number of hydrogen-bond donors (Lipinski definition) is 2. The third-order valence-electron chi connectivity index (χ3n) is 3.47. The largest absolute Gasteiger partial charge is 0.480 e. The maximum atomic E-state index is 13.6. The second kappa shape index (κ2) is 6.43. The van der Waals surface area contributed by atoms with Gasteiger partial charge in [0.15, 0.2) is 23.3 Å². The van der Waals surface area contributed by atoms with E-state index in [1.165, 1.54) is 6.92 Å².